The number of nitrogen functional groups attached to an aromatic ring is 1. The van der Waals surface area contributed by atoms with Crippen molar-refractivity contribution in [1.29, 1.82) is 0 Å². The summed E-state index contributed by atoms with van der Waals surface area (Å²) >= 11 is 0. The Bertz CT molecular complexity index is 1130. The molecule has 27 heavy (non-hydrogen) atoms. The molecule has 0 bridgehead atoms. The minimum absolute atomic E-state index is 0.288. The lowest BCUT2D eigenvalue weighted by Crippen LogP contribution is -2.03. The first kappa shape index (κ1) is 16.8. The number of hydrogen-bond acceptors (Lipinski definition) is 6. The topological polar surface area (TPSA) is 86.0 Å². The van der Waals surface area contributed by atoms with Gasteiger partial charge in [-0.3, -0.25) is 0 Å². The van der Waals surface area contributed by atoms with E-state index in [-0.39, 0.29) is 5.88 Å². The molecule has 0 unspecified atom stereocenters. The van der Waals surface area contributed by atoms with E-state index in [2.05, 4.69) is 20.3 Å². The summed E-state index contributed by atoms with van der Waals surface area (Å²) in [6.45, 7) is 3.97. The van der Waals surface area contributed by atoms with Gasteiger partial charge in [-0.1, -0.05) is 30.3 Å². The van der Waals surface area contributed by atoms with Crippen LogP contribution in [0.2, 0.25) is 0 Å². The van der Waals surface area contributed by atoms with Crippen LogP contribution in [0, 0.1) is 13.8 Å². The molecule has 4 aromatic rings. The Balaban J connectivity index is 1.69. The molecule has 3 N–H and O–H groups in total. The standard InChI is InChI=1S/C21H19N5O/c1-13-5-3-7-16(11-13)26-20-18(22)21(24-12-23-20)27-17-8-4-6-15-10-9-14(2)25-19(15)17/h3-12H,22H2,1-2H3,(H,23,24,26). The molecule has 0 aliphatic rings. The molecule has 0 saturated heterocycles. The second-order valence-corrected chi connectivity index (χ2v) is 6.32. The van der Waals surface area contributed by atoms with E-state index in [0.717, 1.165) is 27.8 Å². The largest absolute Gasteiger partial charge is 0.435 e. The number of nitrogens with zero attached hydrogens (tertiary/aromatic N) is 3. The highest BCUT2D eigenvalue weighted by molar-refractivity contribution is 5.85. The van der Waals surface area contributed by atoms with Gasteiger partial charge in [0, 0.05) is 16.8 Å². The Morgan fingerprint density at radius 2 is 1.81 bits per heavy atom. The molecular formula is C21H19N5O. The second kappa shape index (κ2) is 6.92. The number of hydrogen-bond donors (Lipinski definition) is 2. The van der Waals surface area contributed by atoms with Gasteiger partial charge in [-0.2, -0.15) is 4.98 Å². The van der Waals surface area contributed by atoms with Crippen molar-refractivity contribution in [2.45, 2.75) is 13.8 Å². The van der Waals surface area contributed by atoms with Crippen LogP contribution < -0.4 is 15.8 Å². The maximum Gasteiger partial charge on any atom is 0.248 e. The van der Waals surface area contributed by atoms with Crippen LogP contribution in [0.15, 0.2) is 60.9 Å². The molecule has 0 aliphatic heterocycles. The fourth-order valence-corrected chi connectivity index (χ4v) is 2.82. The zero-order valence-electron chi connectivity index (χ0n) is 15.1. The SMILES string of the molecule is Cc1cccc(Nc2ncnc(Oc3cccc4ccc(C)nc34)c2N)c1. The number of aryl methyl sites for hydroxylation is 2. The monoisotopic (exact) mass is 357 g/mol. The predicted octanol–water partition coefficient (Wildman–Crippen LogP) is 4.76. The van der Waals surface area contributed by atoms with Gasteiger partial charge in [0.1, 0.15) is 17.5 Å². The summed E-state index contributed by atoms with van der Waals surface area (Å²) in [5, 5.41) is 4.20. The number of nitrogens with two attached hydrogens (primary N) is 1. The summed E-state index contributed by atoms with van der Waals surface area (Å²) in [6, 6.07) is 17.7. The summed E-state index contributed by atoms with van der Waals surface area (Å²) in [7, 11) is 0. The van der Waals surface area contributed by atoms with Crippen molar-refractivity contribution >= 4 is 28.1 Å². The first-order valence-corrected chi connectivity index (χ1v) is 8.58. The van der Waals surface area contributed by atoms with E-state index < -0.39 is 0 Å². The Kier molecular flexibility index (Phi) is 4.30. The van der Waals surface area contributed by atoms with Gasteiger partial charge in [-0.25, -0.2) is 9.97 Å². The van der Waals surface area contributed by atoms with E-state index in [1.807, 2.05) is 68.4 Å². The van der Waals surface area contributed by atoms with Crippen LogP contribution in [-0.2, 0) is 0 Å². The second-order valence-electron chi connectivity index (χ2n) is 6.32. The number of pyridine rings is 1. The number of nitrogens with one attached hydrogen (secondary N) is 1. The fraction of sp³-hybridized carbons (Fsp3) is 0.0952. The molecule has 6 nitrogen and oxygen atoms in total. The molecule has 2 aromatic heterocycles. The van der Waals surface area contributed by atoms with Crippen molar-refractivity contribution in [1.82, 2.24) is 15.0 Å². The van der Waals surface area contributed by atoms with Gasteiger partial charge in [0.2, 0.25) is 5.88 Å². The Hall–Kier alpha value is -3.67. The molecule has 0 radical (unpaired) electrons. The van der Waals surface area contributed by atoms with Crippen LogP contribution >= 0.6 is 0 Å². The van der Waals surface area contributed by atoms with Crippen LogP contribution in [0.3, 0.4) is 0 Å². The lowest BCUT2D eigenvalue weighted by molar-refractivity contribution is 0.469. The lowest BCUT2D eigenvalue weighted by Gasteiger charge is -2.13. The van der Waals surface area contributed by atoms with Gasteiger partial charge < -0.3 is 15.8 Å². The van der Waals surface area contributed by atoms with E-state index in [4.69, 9.17) is 10.5 Å². The van der Waals surface area contributed by atoms with E-state index >= 15 is 0 Å². The minimum Gasteiger partial charge on any atom is -0.435 e. The van der Waals surface area contributed by atoms with E-state index in [0.29, 0.717) is 17.3 Å². The van der Waals surface area contributed by atoms with Gasteiger partial charge in [-0.05, 0) is 43.7 Å². The molecule has 4 rings (SSSR count). The van der Waals surface area contributed by atoms with Crippen molar-refractivity contribution in [2.24, 2.45) is 0 Å². The maximum absolute atomic E-state index is 6.26. The molecule has 134 valence electrons. The lowest BCUT2D eigenvalue weighted by atomic mass is 10.2. The number of benzene rings is 2. The molecule has 6 heteroatoms. The van der Waals surface area contributed by atoms with Gasteiger partial charge in [0.15, 0.2) is 11.6 Å². The van der Waals surface area contributed by atoms with E-state index in [1.54, 1.807) is 0 Å². The van der Waals surface area contributed by atoms with Crippen molar-refractivity contribution in [3.63, 3.8) is 0 Å². The van der Waals surface area contributed by atoms with Crippen molar-refractivity contribution < 1.29 is 4.74 Å². The third-order valence-electron chi connectivity index (χ3n) is 4.16. The van der Waals surface area contributed by atoms with Crippen molar-refractivity contribution in [3.05, 3.63) is 72.2 Å². The molecule has 0 amide bonds. The van der Waals surface area contributed by atoms with Crippen molar-refractivity contribution in [3.8, 4) is 11.6 Å². The van der Waals surface area contributed by atoms with Crippen LogP contribution in [0.4, 0.5) is 17.2 Å². The number of para-hydroxylation sites is 1. The summed E-state index contributed by atoms with van der Waals surface area (Å²) in [4.78, 5) is 13.0. The summed E-state index contributed by atoms with van der Waals surface area (Å²) in [5.41, 5.74) is 10.3. The van der Waals surface area contributed by atoms with Crippen LogP contribution in [0.25, 0.3) is 10.9 Å². The molecule has 0 saturated carbocycles. The first-order valence-electron chi connectivity index (χ1n) is 8.58. The summed E-state index contributed by atoms with van der Waals surface area (Å²) in [6.07, 6.45) is 1.42. The highest BCUT2D eigenvalue weighted by Crippen LogP contribution is 2.33. The number of fused-ring (bicyclic) bond motifs is 1. The van der Waals surface area contributed by atoms with Gasteiger partial charge in [-0.15, -0.1) is 0 Å². The average Bonchev–Trinajstić information content (AvgIpc) is 2.65. The van der Waals surface area contributed by atoms with Crippen LogP contribution in [-0.4, -0.2) is 15.0 Å². The molecular weight excluding hydrogens is 338 g/mol. The first-order chi connectivity index (χ1) is 13.1. The molecule has 2 heterocycles. The predicted molar refractivity (Wildman–Crippen MR) is 107 cm³/mol. The summed E-state index contributed by atoms with van der Waals surface area (Å²) in [5.74, 6) is 1.38. The zero-order valence-corrected chi connectivity index (χ0v) is 15.1. The zero-order chi connectivity index (χ0) is 18.8. The normalized spacial score (nSPS) is 10.7. The molecule has 0 spiro atoms. The molecule has 2 aromatic carbocycles. The third-order valence-corrected chi connectivity index (χ3v) is 4.16. The quantitative estimate of drug-likeness (QED) is 0.548. The number of ether oxygens (including phenoxy) is 1. The highest BCUT2D eigenvalue weighted by Gasteiger charge is 2.13. The molecule has 0 fully saturated rings. The van der Waals surface area contributed by atoms with Gasteiger partial charge in [0.05, 0.1) is 0 Å². The Morgan fingerprint density at radius 1 is 0.963 bits per heavy atom. The number of aromatic nitrogens is 3. The van der Waals surface area contributed by atoms with Gasteiger partial charge >= 0.3 is 0 Å². The fourth-order valence-electron chi connectivity index (χ4n) is 2.82. The van der Waals surface area contributed by atoms with Crippen LogP contribution in [0.5, 0.6) is 11.6 Å². The van der Waals surface area contributed by atoms with Crippen molar-refractivity contribution in [2.75, 3.05) is 11.1 Å². The average molecular weight is 357 g/mol. The Morgan fingerprint density at radius 3 is 2.67 bits per heavy atom. The van der Waals surface area contributed by atoms with Crippen LogP contribution in [0.1, 0.15) is 11.3 Å². The highest BCUT2D eigenvalue weighted by atomic mass is 16.5. The smallest absolute Gasteiger partial charge is 0.248 e. The van der Waals surface area contributed by atoms with E-state index in [9.17, 15) is 0 Å². The number of anilines is 3. The summed E-state index contributed by atoms with van der Waals surface area (Å²) < 4.78 is 6.00. The molecule has 0 atom stereocenters. The third kappa shape index (κ3) is 3.50. The minimum atomic E-state index is 0.288. The number of rotatable bonds is 4. The van der Waals surface area contributed by atoms with E-state index in [1.165, 1.54) is 6.33 Å². The maximum atomic E-state index is 6.26. The van der Waals surface area contributed by atoms with Gasteiger partial charge in [0.25, 0.3) is 0 Å². The Labute approximate surface area is 157 Å². The molecule has 0 aliphatic carbocycles.